The van der Waals surface area contributed by atoms with E-state index in [1.165, 1.54) is 6.20 Å². The van der Waals surface area contributed by atoms with Crippen LogP contribution in [0.4, 0.5) is 0 Å². The van der Waals surface area contributed by atoms with E-state index in [0.717, 1.165) is 19.0 Å². The summed E-state index contributed by atoms with van der Waals surface area (Å²) in [5, 5.41) is 8.70. The lowest BCUT2D eigenvalue weighted by Crippen LogP contribution is -2.40. The van der Waals surface area contributed by atoms with Gasteiger partial charge >= 0.3 is 5.97 Å². The molecule has 7 nitrogen and oxygen atoms in total. The van der Waals surface area contributed by atoms with Gasteiger partial charge < -0.3 is 15.0 Å². The van der Waals surface area contributed by atoms with Gasteiger partial charge in [0.1, 0.15) is 5.69 Å². The smallest absolute Gasteiger partial charge is 0.303 e. The highest BCUT2D eigenvalue weighted by atomic mass is 16.4. The van der Waals surface area contributed by atoms with Gasteiger partial charge in [-0.1, -0.05) is 0 Å². The number of carboxylic acid groups (broad SMARTS) is 1. The number of aromatic nitrogens is 2. The van der Waals surface area contributed by atoms with Gasteiger partial charge in [0.25, 0.3) is 11.5 Å². The molecule has 2 N–H and O–H groups in total. The van der Waals surface area contributed by atoms with E-state index in [2.05, 4.69) is 9.97 Å². The molecular weight excluding hydrogens is 262 g/mol. The normalized spacial score (nSPS) is 18.8. The first-order valence-electron chi connectivity index (χ1n) is 6.62. The molecule has 0 aromatic carbocycles. The molecule has 0 aliphatic carbocycles. The van der Waals surface area contributed by atoms with Crippen LogP contribution in [-0.2, 0) is 4.79 Å². The minimum Gasteiger partial charge on any atom is -0.481 e. The number of hydrogen-bond donors (Lipinski definition) is 2. The molecule has 2 rings (SSSR count). The van der Waals surface area contributed by atoms with Crippen molar-refractivity contribution >= 4 is 11.9 Å². The third-order valence-electron chi connectivity index (χ3n) is 3.46. The molecule has 1 aromatic rings. The average molecular weight is 279 g/mol. The van der Waals surface area contributed by atoms with E-state index in [1.54, 1.807) is 4.90 Å². The fraction of sp³-hybridized carbons (Fsp3) is 0.538. The van der Waals surface area contributed by atoms with Crippen LogP contribution >= 0.6 is 0 Å². The zero-order valence-corrected chi connectivity index (χ0v) is 11.0. The molecule has 0 radical (unpaired) electrons. The lowest BCUT2D eigenvalue weighted by atomic mass is 9.93. The molecule has 108 valence electrons. The van der Waals surface area contributed by atoms with Gasteiger partial charge in [0.2, 0.25) is 0 Å². The van der Waals surface area contributed by atoms with Crippen molar-refractivity contribution in [3.8, 4) is 0 Å². The van der Waals surface area contributed by atoms with E-state index in [-0.39, 0.29) is 29.5 Å². The first-order valence-corrected chi connectivity index (χ1v) is 6.62. The second-order valence-corrected chi connectivity index (χ2v) is 4.99. The molecule has 1 unspecified atom stereocenters. The Morgan fingerprint density at radius 2 is 2.30 bits per heavy atom. The molecule has 2 heterocycles. The van der Waals surface area contributed by atoms with Crippen LogP contribution in [0.5, 0.6) is 0 Å². The van der Waals surface area contributed by atoms with Crippen molar-refractivity contribution in [2.45, 2.75) is 25.7 Å². The van der Waals surface area contributed by atoms with Crippen LogP contribution < -0.4 is 5.56 Å². The summed E-state index contributed by atoms with van der Waals surface area (Å²) in [5.41, 5.74) is -0.136. The second-order valence-electron chi connectivity index (χ2n) is 4.99. The number of carboxylic acids is 1. The number of amides is 1. The van der Waals surface area contributed by atoms with Gasteiger partial charge in [-0.15, -0.1) is 0 Å². The van der Waals surface area contributed by atoms with Crippen molar-refractivity contribution in [3.63, 3.8) is 0 Å². The SMILES string of the molecule is O=C(O)CCC1CCCN(C(=O)c2c[nH]c(=O)cn2)C1. The maximum atomic E-state index is 12.2. The number of hydrogen-bond acceptors (Lipinski definition) is 4. The fourth-order valence-electron chi connectivity index (χ4n) is 2.43. The molecule has 0 saturated carbocycles. The van der Waals surface area contributed by atoms with Crippen LogP contribution in [0.25, 0.3) is 0 Å². The number of nitrogens with zero attached hydrogens (tertiary/aromatic N) is 2. The Kier molecular flexibility index (Phi) is 4.49. The van der Waals surface area contributed by atoms with Crippen molar-refractivity contribution in [1.82, 2.24) is 14.9 Å². The van der Waals surface area contributed by atoms with Gasteiger partial charge in [0, 0.05) is 25.7 Å². The third kappa shape index (κ3) is 3.66. The number of piperidine rings is 1. The van der Waals surface area contributed by atoms with E-state index in [1.807, 2.05) is 0 Å². The van der Waals surface area contributed by atoms with E-state index in [9.17, 15) is 14.4 Å². The van der Waals surface area contributed by atoms with Crippen molar-refractivity contribution in [2.24, 2.45) is 5.92 Å². The lowest BCUT2D eigenvalue weighted by molar-refractivity contribution is -0.137. The fourth-order valence-corrected chi connectivity index (χ4v) is 2.43. The molecule has 1 aliphatic rings. The molecule has 1 aromatic heterocycles. The van der Waals surface area contributed by atoms with Gasteiger partial charge in [-0.3, -0.25) is 14.4 Å². The molecule has 20 heavy (non-hydrogen) atoms. The van der Waals surface area contributed by atoms with Gasteiger partial charge in [-0.25, -0.2) is 4.98 Å². The highest BCUT2D eigenvalue weighted by molar-refractivity contribution is 5.92. The standard InChI is InChI=1S/C13H17N3O4/c17-11-7-14-10(6-15-11)13(20)16-5-1-2-9(8-16)3-4-12(18)19/h6-7,9H,1-5,8H2,(H,15,17)(H,18,19). The first-order chi connectivity index (χ1) is 9.56. The predicted molar refractivity (Wildman–Crippen MR) is 70.4 cm³/mol. The summed E-state index contributed by atoms with van der Waals surface area (Å²) in [4.78, 5) is 41.7. The van der Waals surface area contributed by atoms with E-state index in [0.29, 0.717) is 19.5 Å². The van der Waals surface area contributed by atoms with Gasteiger partial charge in [-0.05, 0) is 25.2 Å². The Morgan fingerprint density at radius 1 is 1.50 bits per heavy atom. The monoisotopic (exact) mass is 279 g/mol. The van der Waals surface area contributed by atoms with Crippen LogP contribution in [0.3, 0.4) is 0 Å². The lowest BCUT2D eigenvalue weighted by Gasteiger charge is -2.32. The van der Waals surface area contributed by atoms with Gasteiger partial charge in [0.05, 0.1) is 6.20 Å². The summed E-state index contributed by atoms with van der Waals surface area (Å²) in [6.07, 6.45) is 4.90. The van der Waals surface area contributed by atoms with Crippen LogP contribution in [0.2, 0.25) is 0 Å². The summed E-state index contributed by atoms with van der Waals surface area (Å²) >= 11 is 0. The van der Waals surface area contributed by atoms with Crippen LogP contribution in [0, 0.1) is 5.92 Å². The number of aromatic amines is 1. The molecule has 1 atom stereocenters. The summed E-state index contributed by atoms with van der Waals surface area (Å²) in [5.74, 6) is -0.816. The Morgan fingerprint density at radius 3 is 2.95 bits per heavy atom. The molecule has 1 aliphatic heterocycles. The minimum absolute atomic E-state index is 0.129. The van der Waals surface area contributed by atoms with Crippen LogP contribution in [-0.4, -0.2) is 44.9 Å². The van der Waals surface area contributed by atoms with Crippen LogP contribution in [0.15, 0.2) is 17.2 Å². The Bertz CT molecular complexity index is 534. The zero-order valence-electron chi connectivity index (χ0n) is 11.0. The van der Waals surface area contributed by atoms with Crippen molar-refractivity contribution in [2.75, 3.05) is 13.1 Å². The quantitative estimate of drug-likeness (QED) is 0.834. The predicted octanol–water partition coefficient (Wildman–Crippen LogP) is 0.487. The average Bonchev–Trinajstić information content (AvgIpc) is 2.45. The number of nitrogens with one attached hydrogen (secondary N) is 1. The Hall–Kier alpha value is -2.18. The van der Waals surface area contributed by atoms with Crippen molar-refractivity contribution < 1.29 is 14.7 Å². The molecule has 7 heteroatoms. The third-order valence-corrected chi connectivity index (χ3v) is 3.46. The highest BCUT2D eigenvalue weighted by Crippen LogP contribution is 2.21. The summed E-state index contributed by atoms with van der Waals surface area (Å²) in [6, 6.07) is 0. The topological polar surface area (TPSA) is 103 Å². The largest absolute Gasteiger partial charge is 0.481 e. The van der Waals surface area contributed by atoms with Crippen molar-refractivity contribution in [1.29, 1.82) is 0 Å². The maximum absolute atomic E-state index is 12.2. The molecule has 1 fully saturated rings. The number of H-pyrrole nitrogens is 1. The Labute approximate surface area is 115 Å². The highest BCUT2D eigenvalue weighted by Gasteiger charge is 2.25. The minimum atomic E-state index is -0.809. The summed E-state index contributed by atoms with van der Waals surface area (Å²) in [6.45, 7) is 1.19. The number of carbonyl (C=O) groups is 2. The van der Waals surface area contributed by atoms with E-state index < -0.39 is 5.97 Å². The zero-order chi connectivity index (χ0) is 14.5. The van der Waals surface area contributed by atoms with Gasteiger partial charge in [0.15, 0.2) is 0 Å². The maximum Gasteiger partial charge on any atom is 0.303 e. The molecule has 0 spiro atoms. The van der Waals surface area contributed by atoms with Crippen LogP contribution in [0.1, 0.15) is 36.2 Å². The molecule has 0 bridgehead atoms. The molecular formula is C13H17N3O4. The van der Waals surface area contributed by atoms with Gasteiger partial charge in [-0.2, -0.15) is 0 Å². The Balaban J connectivity index is 1.97. The summed E-state index contributed by atoms with van der Waals surface area (Å²) in [7, 11) is 0. The molecule has 1 amide bonds. The molecule has 1 saturated heterocycles. The van der Waals surface area contributed by atoms with E-state index in [4.69, 9.17) is 5.11 Å². The summed E-state index contributed by atoms with van der Waals surface area (Å²) < 4.78 is 0. The van der Waals surface area contributed by atoms with Crippen molar-refractivity contribution in [3.05, 3.63) is 28.4 Å². The number of carbonyl (C=O) groups excluding carboxylic acids is 1. The second kappa shape index (κ2) is 6.31. The number of likely N-dealkylation sites (tertiary alicyclic amines) is 1. The number of rotatable bonds is 4. The van der Waals surface area contributed by atoms with E-state index >= 15 is 0 Å². The number of aliphatic carboxylic acids is 1. The first kappa shape index (κ1) is 14.2.